The van der Waals surface area contributed by atoms with Gasteiger partial charge in [0.25, 0.3) is 5.91 Å². The molecule has 2 heterocycles. The van der Waals surface area contributed by atoms with Crippen molar-refractivity contribution in [2.45, 2.75) is 13.0 Å². The maximum Gasteiger partial charge on any atom is 0.262 e. The molecule has 0 aliphatic heterocycles. The van der Waals surface area contributed by atoms with Gasteiger partial charge in [0.15, 0.2) is 0 Å². The standard InChI is InChI=1S/C12H14Br2N4OS/c1-6(5-15)17-12(19)11-9(14)8(13)10(20-11)7-3-4-16-18(7)2/h3-4,6H,5,15H2,1-2H3,(H,17,19). The summed E-state index contributed by atoms with van der Waals surface area (Å²) in [4.78, 5) is 13.8. The van der Waals surface area contributed by atoms with Gasteiger partial charge in [-0.3, -0.25) is 9.48 Å². The maximum atomic E-state index is 12.2. The van der Waals surface area contributed by atoms with Gasteiger partial charge in [0.05, 0.1) is 19.5 Å². The van der Waals surface area contributed by atoms with Crippen LogP contribution in [0, 0.1) is 0 Å². The van der Waals surface area contributed by atoms with Crippen molar-refractivity contribution in [3.05, 3.63) is 26.1 Å². The van der Waals surface area contributed by atoms with E-state index in [4.69, 9.17) is 5.73 Å². The highest BCUT2D eigenvalue weighted by Crippen LogP contribution is 2.43. The zero-order chi connectivity index (χ0) is 14.9. The van der Waals surface area contributed by atoms with Gasteiger partial charge in [-0.2, -0.15) is 5.10 Å². The van der Waals surface area contributed by atoms with E-state index < -0.39 is 0 Å². The lowest BCUT2D eigenvalue weighted by atomic mass is 10.3. The van der Waals surface area contributed by atoms with Gasteiger partial charge in [-0.1, -0.05) is 0 Å². The molecule has 0 bridgehead atoms. The quantitative estimate of drug-likeness (QED) is 0.796. The Morgan fingerprint density at radius 2 is 2.25 bits per heavy atom. The minimum Gasteiger partial charge on any atom is -0.348 e. The van der Waals surface area contributed by atoms with Gasteiger partial charge in [-0.25, -0.2) is 0 Å². The molecule has 0 saturated heterocycles. The average molecular weight is 422 g/mol. The van der Waals surface area contributed by atoms with E-state index in [0.717, 1.165) is 19.5 Å². The third-order valence-electron chi connectivity index (χ3n) is 2.79. The van der Waals surface area contributed by atoms with Crippen molar-refractivity contribution < 1.29 is 4.79 Å². The first-order valence-corrected chi connectivity index (χ1v) is 8.33. The van der Waals surface area contributed by atoms with E-state index in [-0.39, 0.29) is 11.9 Å². The minimum atomic E-state index is -0.131. The van der Waals surface area contributed by atoms with Crippen LogP contribution in [0.4, 0.5) is 0 Å². The molecule has 0 radical (unpaired) electrons. The number of aromatic nitrogens is 2. The largest absolute Gasteiger partial charge is 0.348 e. The number of aryl methyl sites for hydroxylation is 1. The second-order valence-electron chi connectivity index (χ2n) is 4.34. The van der Waals surface area contributed by atoms with Crippen molar-refractivity contribution in [3.8, 4) is 10.6 Å². The zero-order valence-electron chi connectivity index (χ0n) is 11.0. The van der Waals surface area contributed by atoms with Crippen LogP contribution < -0.4 is 11.1 Å². The van der Waals surface area contributed by atoms with Crippen molar-refractivity contribution in [2.75, 3.05) is 6.54 Å². The van der Waals surface area contributed by atoms with Crippen LogP contribution in [0.5, 0.6) is 0 Å². The van der Waals surface area contributed by atoms with Crippen LogP contribution in [0.25, 0.3) is 10.6 Å². The summed E-state index contributed by atoms with van der Waals surface area (Å²) in [7, 11) is 1.87. The molecule has 5 nitrogen and oxygen atoms in total. The van der Waals surface area contributed by atoms with Crippen LogP contribution in [0.3, 0.4) is 0 Å². The average Bonchev–Trinajstić information content (AvgIpc) is 2.95. The van der Waals surface area contributed by atoms with Crippen LogP contribution in [-0.4, -0.2) is 28.3 Å². The van der Waals surface area contributed by atoms with Crippen LogP contribution >= 0.6 is 43.2 Å². The number of nitrogens with two attached hydrogens (primary N) is 1. The number of hydrogen-bond acceptors (Lipinski definition) is 4. The number of thiophene rings is 1. The van der Waals surface area contributed by atoms with Gasteiger partial charge in [0.2, 0.25) is 0 Å². The number of amides is 1. The molecule has 0 saturated carbocycles. The van der Waals surface area contributed by atoms with Crippen molar-refractivity contribution in [2.24, 2.45) is 12.8 Å². The van der Waals surface area contributed by atoms with Crippen LogP contribution in [0.2, 0.25) is 0 Å². The molecular weight excluding hydrogens is 408 g/mol. The van der Waals surface area contributed by atoms with Gasteiger partial charge in [0.1, 0.15) is 4.88 Å². The topological polar surface area (TPSA) is 72.9 Å². The highest BCUT2D eigenvalue weighted by molar-refractivity contribution is 9.13. The minimum absolute atomic E-state index is 0.0598. The third-order valence-corrected chi connectivity index (χ3v) is 6.64. The van der Waals surface area contributed by atoms with E-state index in [2.05, 4.69) is 42.3 Å². The van der Waals surface area contributed by atoms with Crippen LogP contribution in [0.15, 0.2) is 21.2 Å². The Kier molecular flexibility index (Phi) is 5.00. The number of carbonyl (C=O) groups excluding carboxylic acids is 1. The molecule has 1 unspecified atom stereocenters. The molecule has 108 valence electrons. The van der Waals surface area contributed by atoms with E-state index in [9.17, 15) is 4.79 Å². The number of nitrogens with zero attached hydrogens (tertiary/aromatic N) is 2. The predicted molar refractivity (Wildman–Crippen MR) is 87.9 cm³/mol. The Bertz CT molecular complexity index is 637. The number of carbonyl (C=O) groups is 1. The lowest BCUT2D eigenvalue weighted by molar-refractivity contribution is 0.0944. The van der Waals surface area contributed by atoms with E-state index >= 15 is 0 Å². The monoisotopic (exact) mass is 420 g/mol. The summed E-state index contributed by atoms with van der Waals surface area (Å²) in [6.07, 6.45) is 1.73. The highest BCUT2D eigenvalue weighted by atomic mass is 79.9. The molecule has 8 heteroatoms. The lowest BCUT2D eigenvalue weighted by Crippen LogP contribution is -2.37. The summed E-state index contributed by atoms with van der Waals surface area (Å²) in [5, 5.41) is 7.01. The van der Waals surface area contributed by atoms with Crippen molar-refractivity contribution in [3.63, 3.8) is 0 Å². The molecule has 1 atom stereocenters. The Hall–Kier alpha value is -0.700. The molecule has 3 N–H and O–H groups in total. The fourth-order valence-electron chi connectivity index (χ4n) is 1.65. The fourth-order valence-corrected chi connectivity index (χ4v) is 4.22. The van der Waals surface area contributed by atoms with E-state index in [1.165, 1.54) is 11.3 Å². The molecule has 2 aromatic rings. The molecule has 0 aromatic carbocycles. The van der Waals surface area contributed by atoms with Crippen molar-refractivity contribution in [1.29, 1.82) is 0 Å². The van der Waals surface area contributed by atoms with Crippen molar-refractivity contribution in [1.82, 2.24) is 15.1 Å². The highest BCUT2D eigenvalue weighted by Gasteiger charge is 2.22. The first kappa shape index (κ1) is 15.7. The first-order valence-electron chi connectivity index (χ1n) is 5.92. The Morgan fingerprint density at radius 3 is 2.80 bits per heavy atom. The first-order chi connectivity index (χ1) is 9.45. The molecule has 0 spiro atoms. The van der Waals surface area contributed by atoms with Gasteiger partial charge < -0.3 is 11.1 Å². The summed E-state index contributed by atoms with van der Waals surface area (Å²) in [6, 6.07) is 1.85. The maximum absolute atomic E-state index is 12.2. The van der Waals surface area contributed by atoms with E-state index in [0.29, 0.717) is 11.4 Å². The van der Waals surface area contributed by atoms with Gasteiger partial charge in [0, 0.05) is 25.8 Å². The Balaban J connectivity index is 2.38. The molecule has 0 aliphatic carbocycles. The Labute approximate surface area is 137 Å². The van der Waals surface area contributed by atoms with Crippen LogP contribution in [-0.2, 0) is 7.05 Å². The normalized spacial score (nSPS) is 12.4. The van der Waals surface area contributed by atoms with E-state index in [1.54, 1.807) is 10.9 Å². The molecule has 20 heavy (non-hydrogen) atoms. The van der Waals surface area contributed by atoms with E-state index in [1.807, 2.05) is 20.0 Å². The molecule has 1 amide bonds. The number of hydrogen-bond donors (Lipinski definition) is 2. The molecule has 0 aliphatic rings. The van der Waals surface area contributed by atoms with Gasteiger partial charge in [-0.05, 0) is 44.8 Å². The number of rotatable bonds is 4. The second-order valence-corrected chi connectivity index (χ2v) is 6.95. The number of nitrogens with one attached hydrogen (secondary N) is 1. The summed E-state index contributed by atoms with van der Waals surface area (Å²) >= 11 is 8.40. The van der Waals surface area contributed by atoms with Crippen molar-refractivity contribution >= 4 is 49.1 Å². The molecule has 2 aromatic heterocycles. The van der Waals surface area contributed by atoms with Gasteiger partial charge in [-0.15, -0.1) is 11.3 Å². The lowest BCUT2D eigenvalue weighted by Gasteiger charge is -2.10. The predicted octanol–water partition coefficient (Wildman–Crippen LogP) is 2.75. The van der Waals surface area contributed by atoms with Crippen LogP contribution in [0.1, 0.15) is 16.6 Å². The van der Waals surface area contributed by atoms with Gasteiger partial charge >= 0.3 is 0 Å². The SMILES string of the molecule is CC(CN)NC(=O)c1sc(-c2ccnn2C)c(Br)c1Br. The smallest absolute Gasteiger partial charge is 0.262 e. The molecule has 0 fully saturated rings. The second kappa shape index (κ2) is 6.38. The summed E-state index contributed by atoms with van der Waals surface area (Å²) in [5.41, 5.74) is 6.48. The molecule has 2 rings (SSSR count). The summed E-state index contributed by atoms with van der Waals surface area (Å²) < 4.78 is 3.38. The molecular formula is C12H14Br2N4OS. The Morgan fingerprint density at radius 1 is 1.55 bits per heavy atom. The third kappa shape index (κ3) is 2.98. The zero-order valence-corrected chi connectivity index (χ0v) is 15.0. The fraction of sp³-hybridized carbons (Fsp3) is 0.333. The summed E-state index contributed by atoms with van der Waals surface area (Å²) in [6.45, 7) is 2.28. The number of halogens is 2. The summed E-state index contributed by atoms with van der Waals surface area (Å²) in [5.74, 6) is -0.131.